The highest BCUT2D eigenvalue weighted by atomic mass is 127. The Balaban J connectivity index is 3.37. The highest BCUT2D eigenvalue weighted by Crippen LogP contribution is 2.33. The molecule has 80 valence electrons. The maximum atomic E-state index is 12.7. The Morgan fingerprint density at radius 2 is 1.93 bits per heavy atom. The van der Waals surface area contributed by atoms with Crippen LogP contribution in [-0.2, 0) is 5.54 Å². The summed E-state index contributed by atoms with van der Waals surface area (Å²) in [6, 6.07) is 0. The molecule has 1 aromatic heterocycles. The number of alkyl halides is 2. The predicted molar refractivity (Wildman–Crippen MR) is 62.6 cm³/mol. The van der Waals surface area contributed by atoms with Gasteiger partial charge in [0.1, 0.15) is 10.3 Å². The molecule has 0 amide bonds. The molecule has 14 heavy (non-hydrogen) atoms. The number of halogens is 4. The van der Waals surface area contributed by atoms with E-state index in [1.165, 1.54) is 4.68 Å². The molecule has 0 radical (unpaired) electrons. The highest BCUT2D eigenvalue weighted by molar-refractivity contribution is 14.1. The maximum absolute atomic E-state index is 12.7. The number of rotatable bonds is 1. The van der Waals surface area contributed by atoms with E-state index >= 15 is 0 Å². The van der Waals surface area contributed by atoms with Crippen LogP contribution in [0.3, 0.4) is 0 Å². The summed E-state index contributed by atoms with van der Waals surface area (Å²) in [6.07, 6.45) is -2.50. The van der Waals surface area contributed by atoms with Gasteiger partial charge in [0.15, 0.2) is 0 Å². The summed E-state index contributed by atoms with van der Waals surface area (Å²) in [5, 5.41) is 4.05. The smallest absolute Gasteiger partial charge is 0.256 e. The zero-order valence-electron chi connectivity index (χ0n) is 7.98. The molecule has 1 heterocycles. The van der Waals surface area contributed by atoms with Gasteiger partial charge in [-0.15, -0.1) is 0 Å². The van der Waals surface area contributed by atoms with E-state index in [4.69, 9.17) is 0 Å². The van der Waals surface area contributed by atoms with Crippen molar-refractivity contribution in [2.24, 2.45) is 0 Å². The van der Waals surface area contributed by atoms with Crippen molar-refractivity contribution in [2.75, 3.05) is 0 Å². The van der Waals surface area contributed by atoms with Crippen LogP contribution in [0.25, 0.3) is 0 Å². The van der Waals surface area contributed by atoms with Gasteiger partial charge in [0, 0.05) is 0 Å². The Kier molecular flexibility index (Phi) is 3.56. The SMILES string of the molecule is CC(C)(C)n1nc(Br)c(I)c1C(F)F. The molecule has 6 heteroatoms. The lowest BCUT2D eigenvalue weighted by Crippen LogP contribution is -2.25. The van der Waals surface area contributed by atoms with Gasteiger partial charge in [0.05, 0.1) is 9.11 Å². The van der Waals surface area contributed by atoms with E-state index in [2.05, 4.69) is 21.0 Å². The summed E-state index contributed by atoms with van der Waals surface area (Å²) >= 11 is 5.03. The zero-order valence-corrected chi connectivity index (χ0v) is 11.7. The molecule has 0 bridgehead atoms. The van der Waals surface area contributed by atoms with Gasteiger partial charge in [-0.1, -0.05) is 0 Å². The third kappa shape index (κ3) is 2.26. The summed E-state index contributed by atoms with van der Waals surface area (Å²) in [5.41, 5.74) is -0.456. The van der Waals surface area contributed by atoms with Crippen molar-refractivity contribution in [3.63, 3.8) is 0 Å². The first-order valence-electron chi connectivity index (χ1n) is 3.97. The van der Waals surface area contributed by atoms with Crippen LogP contribution >= 0.6 is 38.5 Å². The van der Waals surface area contributed by atoms with Crippen LogP contribution in [0, 0.1) is 3.57 Å². The first-order valence-corrected chi connectivity index (χ1v) is 5.85. The highest BCUT2D eigenvalue weighted by Gasteiger charge is 2.28. The van der Waals surface area contributed by atoms with Gasteiger partial charge in [0.2, 0.25) is 0 Å². The number of nitrogens with zero attached hydrogens (tertiary/aromatic N) is 2. The van der Waals surface area contributed by atoms with Crippen LogP contribution in [0.5, 0.6) is 0 Å². The molecule has 0 atom stereocenters. The number of aromatic nitrogens is 2. The van der Waals surface area contributed by atoms with Crippen molar-refractivity contribution >= 4 is 38.5 Å². The Labute approximate surface area is 103 Å². The molecule has 2 nitrogen and oxygen atoms in total. The van der Waals surface area contributed by atoms with E-state index in [-0.39, 0.29) is 5.69 Å². The molecule has 0 aliphatic carbocycles. The van der Waals surface area contributed by atoms with Crippen LogP contribution in [0.4, 0.5) is 8.78 Å². The van der Waals surface area contributed by atoms with Crippen LogP contribution in [0.2, 0.25) is 0 Å². The second kappa shape index (κ2) is 4.03. The van der Waals surface area contributed by atoms with Crippen LogP contribution in [0.1, 0.15) is 32.9 Å². The average Bonchev–Trinajstić information content (AvgIpc) is 2.27. The third-order valence-electron chi connectivity index (χ3n) is 1.66. The fraction of sp³-hybridized carbons (Fsp3) is 0.625. The second-order valence-electron chi connectivity index (χ2n) is 3.87. The van der Waals surface area contributed by atoms with Crippen molar-refractivity contribution in [3.8, 4) is 0 Å². The standard InChI is InChI=1S/C8H10BrF2IN2/c1-8(2,3)14-5(7(10)11)4(12)6(9)13-14/h7H,1-3H3. The Bertz CT molecular complexity index is 344. The molecular weight excluding hydrogens is 369 g/mol. The molecule has 0 aromatic carbocycles. The van der Waals surface area contributed by atoms with E-state index < -0.39 is 12.0 Å². The molecule has 0 fully saturated rings. The van der Waals surface area contributed by atoms with Crippen molar-refractivity contribution in [2.45, 2.75) is 32.7 Å². The summed E-state index contributed by atoms with van der Waals surface area (Å²) < 4.78 is 27.8. The molecule has 0 saturated heterocycles. The average molecular weight is 379 g/mol. The normalized spacial score (nSPS) is 12.6. The van der Waals surface area contributed by atoms with Gasteiger partial charge in [-0.2, -0.15) is 5.10 Å². The van der Waals surface area contributed by atoms with E-state index in [0.29, 0.717) is 8.17 Å². The van der Waals surface area contributed by atoms with Crippen molar-refractivity contribution < 1.29 is 8.78 Å². The van der Waals surface area contributed by atoms with Crippen LogP contribution in [-0.4, -0.2) is 9.78 Å². The first kappa shape index (κ1) is 12.4. The minimum Gasteiger partial charge on any atom is -0.256 e. The number of hydrogen-bond donors (Lipinski definition) is 0. The van der Waals surface area contributed by atoms with E-state index in [1.54, 1.807) is 0 Å². The van der Waals surface area contributed by atoms with Gasteiger partial charge < -0.3 is 0 Å². The van der Waals surface area contributed by atoms with Crippen molar-refractivity contribution in [3.05, 3.63) is 13.9 Å². The topological polar surface area (TPSA) is 17.8 Å². The summed E-state index contributed by atoms with van der Waals surface area (Å²) in [7, 11) is 0. The van der Waals surface area contributed by atoms with E-state index in [1.807, 2.05) is 43.4 Å². The summed E-state index contributed by atoms with van der Waals surface area (Å²) in [5.74, 6) is 0. The second-order valence-corrected chi connectivity index (χ2v) is 5.70. The molecule has 1 aromatic rings. The molecule has 1 rings (SSSR count). The lowest BCUT2D eigenvalue weighted by molar-refractivity contribution is 0.129. The van der Waals surface area contributed by atoms with Gasteiger partial charge in [0.25, 0.3) is 6.43 Å². The van der Waals surface area contributed by atoms with Gasteiger partial charge in [-0.25, -0.2) is 8.78 Å². The molecule has 0 spiro atoms. The first-order chi connectivity index (χ1) is 6.25. The minimum atomic E-state index is -2.50. The van der Waals surface area contributed by atoms with Gasteiger partial charge in [-0.3, -0.25) is 4.68 Å². The quantitative estimate of drug-likeness (QED) is 0.677. The molecule has 0 aliphatic heterocycles. The molecule has 0 saturated carbocycles. The van der Waals surface area contributed by atoms with Crippen LogP contribution in [0.15, 0.2) is 4.60 Å². The van der Waals surface area contributed by atoms with Crippen LogP contribution < -0.4 is 0 Å². The lowest BCUT2D eigenvalue weighted by Gasteiger charge is -2.22. The molecule has 0 unspecified atom stereocenters. The monoisotopic (exact) mass is 378 g/mol. The Morgan fingerprint density at radius 1 is 1.43 bits per heavy atom. The molecule has 0 N–H and O–H groups in total. The van der Waals surface area contributed by atoms with E-state index in [0.717, 1.165) is 0 Å². The summed E-state index contributed by atoms with van der Waals surface area (Å²) in [4.78, 5) is 0. The van der Waals surface area contributed by atoms with Gasteiger partial charge >= 0.3 is 0 Å². The third-order valence-corrected chi connectivity index (χ3v) is 4.02. The van der Waals surface area contributed by atoms with Crippen molar-refractivity contribution in [1.29, 1.82) is 0 Å². The zero-order chi connectivity index (χ0) is 11.1. The number of hydrogen-bond acceptors (Lipinski definition) is 1. The Hall–Kier alpha value is 0.280. The van der Waals surface area contributed by atoms with Gasteiger partial charge in [-0.05, 0) is 59.3 Å². The Morgan fingerprint density at radius 3 is 2.21 bits per heavy atom. The largest absolute Gasteiger partial charge is 0.281 e. The minimum absolute atomic E-state index is 0.0232. The summed E-state index contributed by atoms with van der Waals surface area (Å²) in [6.45, 7) is 5.52. The fourth-order valence-electron chi connectivity index (χ4n) is 1.08. The predicted octanol–water partition coefficient (Wildman–Crippen LogP) is 3.94. The molecular formula is C8H10BrF2IN2. The van der Waals surface area contributed by atoms with Crippen molar-refractivity contribution in [1.82, 2.24) is 9.78 Å². The fourth-order valence-corrected chi connectivity index (χ4v) is 2.02. The maximum Gasteiger partial charge on any atom is 0.281 e. The molecule has 0 aliphatic rings. The van der Waals surface area contributed by atoms with E-state index in [9.17, 15) is 8.78 Å². The lowest BCUT2D eigenvalue weighted by atomic mass is 10.1.